The molecule has 0 aliphatic carbocycles. The number of hydrogen-bond donors (Lipinski definition) is 2. The van der Waals surface area contributed by atoms with Crippen molar-refractivity contribution >= 4 is 5.94 Å². The van der Waals surface area contributed by atoms with Crippen molar-refractivity contribution in [1.29, 1.82) is 0 Å². The maximum Gasteiger partial charge on any atom is 0.148 e. The van der Waals surface area contributed by atoms with Gasteiger partial charge in [-0.1, -0.05) is 0 Å². The second-order valence-electron chi connectivity index (χ2n) is 1.92. The van der Waals surface area contributed by atoms with Crippen LogP contribution in [0.1, 0.15) is 0 Å². The highest BCUT2D eigenvalue weighted by Crippen LogP contribution is 1.94. The quantitative estimate of drug-likeness (QED) is 0.306. The van der Waals surface area contributed by atoms with Crippen molar-refractivity contribution in [3.05, 3.63) is 5.70 Å². The van der Waals surface area contributed by atoms with Crippen LogP contribution in [0.25, 0.3) is 0 Å². The van der Waals surface area contributed by atoms with Gasteiger partial charge in [0.15, 0.2) is 0 Å². The molecule has 0 spiro atoms. The summed E-state index contributed by atoms with van der Waals surface area (Å²) in [4.78, 5) is 10.0. The van der Waals surface area contributed by atoms with E-state index in [1.807, 2.05) is 0 Å². The lowest BCUT2D eigenvalue weighted by atomic mass is 10.3. The van der Waals surface area contributed by atoms with Crippen molar-refractivity contribution in [3.63, 3.8) is 0 Å². The highest BCUT2D eigenvalue weighted by Gasteiger charge is 2.10. The molecule has 1 heterocycles. The van der Waals surface area contributed by atoms with Gasteiger partial charge < -0.3 is 10.3 Å². The summed E-state index contributed by atoms with van der Waals surface area (Å²) in [6.07, 6.45) is 0. The van der Waals surface area contributed by atoms with Crippen LogP contribution in [0.5, 0.6) is 0 Å². The van der Waals surface area contributed by atoms with Gasteiger partial charge in [-0.3, -0.25) is 0 Å². The minimum atomic E-state index is 0.501. The van der Waals surface area contributed by atoms with Crippen LogP contribution in [-0.2, 0) is 4.79 Å². The smallest absolute Gasteiger partial charge is 0.148 e. The lowest BCUT2D eigenvalue weighted by molar-refractivity contribution is 0.314. The number of rotatable bonds is 0. The van der Waals surface area contributed by atoms with Gasteiger partial charge in [0.1, 0.15) is 11.6 Å². The lowest BCUT2D eigenvalue weighted by Gasteiger charge is -2.24. The first-order chi connectivity index (χ1) is 4.34. The van der Waals surface area contributed by atoms with Crippen LogP contribution in [0, 0.1) is 0 Å². The molecule has 0 aromatic heterocycles. The van der Waals surface area contributed by atoms with E-state index in [1.54, 1.807) is 5.94 Å². The van der Waals surface area contributed by atoms with Crippen LogP contribution in [0.4, 0.5) is 0 Å². The zero-order chi connectivity index (χ0) is 6.69. The molecule has 1 saturated heterocycles. The predicted octanol–water partition coefficient (Wildman–Crippen LogP) is -1.52. The fraction of sp³-hybridized carbons (Fsp3) is 0.600. The maximum atomic E-state index is 10.0. The largest absolute Gasteiger partial charge is 0.309 e. The number of hydrogen-bond acceptors (Lipinski definition) is 4. The number of piperazine rings is 1. The molecule has 1 rings (SSSR count). The fourth-order valence-electron chi connectivity index (χ4n) is 0.738. The Labute approximate surface area is 53.3 Å². The monoisotopic (exact) mass is 127 g/mol. The number of carbonyl (C=O) groups excluding carboxylic acids is 1. The van der Waals surface area contributed by atoms with E-state index < -0.39 is 0 Å². The molecule has 1 fully saturated rings. The van der Waals surface area contributed by atoms with Crippen molar-refractivity contribution in [2.45, 2.75) is 0 Å². The molecule has 0 atom stereocenters. The standard InChI is InChI=1S/C5H9N3O/c6-8-2-1-7-3-5(8)4-9/h7H,1-3,6H2. The Morgan fingerprint density at radius 3 is 3.00 bits per heavy atom. The van der Waals surface area contributed by atoms with Gasteiger partial charge in [-0.2, -0.15) is 0 Å². The second kappa shape index (κ2) is 2.64. The number of hydrazine groups is 1. The summed E-state index contributed by atoms with van der Waals surface area (Å²) >= 11 is 0. The Kier molecular flexibility index (Phi) is 1.85. The lowest BCUT2D eigenvalue weighted by Crippen LogP contribution is -2.45. The van der Waals surface area contributed by atoms with Crippen molar-refractivity contribution in [2.24, 2.45) is 5.84 Å². The summed E-state index contributed by atoms with van der Waals surface area (Å²) in [5.74, 6) is 7.14. The van der Waals surface area contributed by atoms with Gasteiger partial charge in [0, 0.05) is 19.6 Å². The summed E-state index contributed by atoms with van der Waals surface area (Å²) in [7, 11) is 0. The van der Waals surface area contributed by atoms with E-state index in [2.05, 4.69) is 5.32 Å². The normalized spacial score (nSPS) is 19.7. The minimum absolute atomic E-state index is 0.501. The molecule has 0 radical (unpaired) electrons. The van der Waals surface area contributed by atoms with Gasteiger partial charge in [0.25, 0.3) is 0 Å². The van der Waals surface area contributed by atoms with Crippen LogP contribution >= 0.6 is 0 Å². The molecule has 1 aliphatic heterocycles. The van der Waals surface area contributed by atoms with E-state index in [9.17, 15) is 4.79 Å². The van der Waals surface area contributed by atoms with Crippen LogP contribution in [0.2, 0.25) is 0 Å². The SMILES string of the molecule is NN1CCNCC1=C=O. The summed E-state index contributed by atoms with van der Waals surface area (Å²) in [5.41, 5.74) is 0.501. The Morgan fingerprint density at radius 2 is 2.56 bits per heavy atom. The minimum Gasteiger partial charge on any atom is -0.309 e. The Morgan fingerprint density at radius 1 is 1.78 bits per heavy atom. The molecule has 4 nitrogen and oxygen atoms in total. The fourth-order valence-corrected chi connectivity index (χ4v) is 0.738. The average Bonchev–Trinajstić information content (AvgIpc) is 1.89. The van der Waals surface area contributed by atoms with Crippen LogP contribution in [0.15, 0.2) is 5.70 Å². The zero-order valence-electron chi connectivity index (χ0n) is 5.05. The zero-order valence-corrected chi connectivity index (χ0v) is 5.05. The van der Waals surface area contributed by atoms with Crippen molar-refractivity contribution in [3.8, 4) is 0 Å². The van der Waals surface area contributed by atoms with Crippen molar-refractivity contribution in [2.75, 3.05) is 19.6 Å². The second-order valence-corrected chi connectivity index (χ2v) is 1.92. The van der Waals surface area contributed by atoms with Gasteiger partial charge in [0.2, 0.25) is 0 Å². The Bertz CT molecular complexity index is 150. The highest BCUT2D eigenvalue weighted by atomic mass is 16.1. The summed E-state index contributed by atoms with van der Waals surface area (Å²) in [6.45, 7) is 2.06. The molecular weight excluding hydrogens is 118 g/mol. The van der Waals surface area contributed by atoms with E-state index in [0.29, 0.717) is 18.8 Å². The van der Waals surface area contributed by atoms with Gasteiger partial charge in [0.05, 0.1) is 0 Å². The van der Waals surface area contributed by atoms with E-state index in [-0.39, 0.29) is 0 Å². The third kappa shape index (κ3) is 1.29. The predicted molar refractivity (Wildman–Crippen MR) is 33.0 cm³/mol. The average molecular weight is 127 g/mol. The van der Waals surface area contributed by atoms with Crippen LogP contribution in [-0.4, -0.2) is 30.6 Å². The summed E-state index contributed by atoms with van der Waals surface area (Å²) in [5, 5.41) is 4.42. The molecule has 9 heavy (non-hydrogen) atoms. The number of nitrogens with one attached hydrogen (secondary N) is 1. The van der Waals surface area contributed by atoms with Gasteiger partial charge in [-0.05, 0) is 0 Å². The third-order valence-corrected chi connectivity index (χ3v) is 1.29. The Balaban J connectivity index is 2.59. The molecule has 50 valence electrons. The van der Waals surface area contributed by atoms with Gasteiger partial charge in [-0.25, -0.2) is 10.6 Å². The molecule has 4 heteroatoms. The molecule has 0 saturated carbocycles. The van der Waals surface area contributed by atoms with Crippen LogP contribution < -0.4 is 11.2 Å². The van der Waals surface area contributed by atoms with E-state index in [1.165, 1.54) is 5.01 Å². The molecule has 0 unspecified atom stereocenters. The topological polar surface area (TPSA) is 58.4 Å². The maximum absolute atomic E-state index is 10.0. The molecule has 0 aromatic rings. The van der Waals surface area contributed by atoms with E-state index in [0.717, 1.165) is 6.54 Å². The van der Waals surface area contributed by atoms with Gasteiger partial charge >= 0.3 is 0 Å². The molecule has 0 bridgehead atoms. The first kappa shape index (κ1) is 6.29. The highest BCUT2D eigenvalue weighted by molar-refractivity contribution is 5.52. The summed E-state index contributed by atoms with van der Waals surface area (Å²) in [6, 6.07) is 0. The molecule has 1 aliphatic rings. The Hall–Kier alpha value is -0.830. The van der Waals surface area contributed by atoms with E-state index >= 15 is 0 Å². The summed E-state index contributed by atoms with van der Waals surface area (Å²) < 4.78 is 0. The molecular formula is C5H9N3O. The van der Waals surface area contributed by atoms with Crippen molar-refractivity contribution in [1.82, 2.24) is 10.3 Å². The number of nitrogens with zero attached hydrogens (tertiary/aromatic N) is 1. The van der Waals surface area contributed by atoms with Crippen LogP contribution in [0.3, 0.4) is 0 Å². The third-order valence-electron chi connectivity index (χ3n) is 1.29. The first-order valence-corrected chi connectivity index (χ1v) is 2.81. The van der Waals surface area contributed by atoms with E-state index in [4.69, 9.17) is 5.84 Å². The first-order valence-electron chi connectivity index (χ1n) is 2.81. The molecule has 0 amide bonds. The number of nitrogens with two attached hydrogens (primary N) is 1. The molecule has 3 N–H and O–H groups in total. The molecule has 0 aromatic carbocycles. The van der Waals surface area contributed by atoms with Gasteiger partial charge in [-0.15, -0.1) is 0 Å². The van der Waals surface area contributed by atoms with Crippen molar-refractivity contribution < 1.29 is 4.79 Å².